The van der Waals surface area contributed by atoms with Crippen molar-refractivity contribution >= 4 is 5.65 Å². The second-order valence-electron chi connectivity index (χ2n) is 5.80. The van der Waals surface area contributed by atoms with Crippen molar-refractivity contribution in [2.45, 2.75) is 46.8 Å². The van der Waals surface area contributed by atoms with Crippen LogP contribution in [0.5, 0.6) is 0 Å². The molecule has 0 bridgehead atoms. The zero-order chi connectivity index (χ0) is 14.9. The highest BCUT2D eigenvalue weighted by Gasteiger charge is 2.15. The Bertz CT molecular complexity index is 591. The van der Waals surface area contributed by atoms with E-state index in [-0.39, 0.29) is 18.1 Å². The Morgan fingerprint density at radius 2 is 2.00 bits per heavy atom. The lowest BCUT2D eigenvalue weighted by molar-refractivity contribution is 0.120. The van der Waals surface area contributed by atoms with Crippen molar-refractivity contribution in [3.8, 4) is 0 Å². The maximum atomic E-state index is 9.87. The lowest BCUT2D eigenvalue weighted by Gasteiger charge is -2.20. The topological polar surface area (TPSA) is 62.5 Å². The molecule has 2 rings (SSSR count). The average Bonchev–Trinajstić information content (AvgIpc) is 2.77. The summed E-state index contributed by atoms with van der Waals surface area (Å²) in [6.07, 6.45) is 1.56. The summed E-state index contributed by atoms with van der Waals surface area (Å²) in [6, 6.07) is 2.10. The number of hydrogen-bond donors (Lipinski definition) is 2. The maximum Gasteiger partial charge on any atom is 0.155 e. The number of aromatic nitrogens is 3. The average molecular weight is 276 g/mol. The van der Waals surface area contributed by atoms with Gasteiger partial charge in [-0.25, -0.2) is 9.50 Å². The van der Waals surface area contributed by atoms with Crippen molar-refractivity contribution in [1.82, 2.24) is 19.9 Å². The summed E-state index contributed by atoms with van der Waals surface area (Å²) < 4.78 is 1.88. The van der Waals surface area contributed by atoms with Gasteiger partial charge in [0.2, 0.25) is 0 Å². The third-order valence-electron chi connectivity index (χ3n) is 3.75. The molecule has 2 aromatic rings. The molecule has 0 saturated carbocycles. The first-order valence-corrected chi connectivity index (χ1v) is 7.13. The number of aryl methyl sites for hydroxylation is 2. The van der Waals surface area contributed by atoms with Gasteiger partial charge in [0.05, 0.1) is 11.8 Å². The number of nitrogens with zero attached hydrogens (tertiary/aromatic N) is 3. The van der Waals surface area contributed by atoms with Crippen molar-refractivity contribution in [2.75, 3.05) is 6.54 Å². The highest BCUT2D eigenvalue weighted by molar-refractivity contribution is 5.42. The summed E-state index contributed by atoms with van der Waals surface area (Å²) in [4.78, 5) is 4.44. The second-order valence-corrected chi connectivity index (χ2v) is 5.80. The fourth-order valence-corrected chi connectivity index (χ4v) is 2.24. The van der Waals surface area contributed by atoms with E-state index in [1.165, 1.54) is 0 Å². The zero-order valence-electron chi connectivity index (χ0n) is 12.9. The second kappa shape index (κ2) is 5.89. The molecule has 0 aliphatic heterocycles. The Balaban J connectivity index is 2.17. The van der Waals surface area contributed by atoms with Crippen LogP contribution in [0.2, 0.25) is 0 Å². The van der Waals surface area contributed by atoms with E-state index < -0.39 is 0 Å². The van der Waals surface area contributed by atoms with Crippen molar-refractivity contribution in [1.29, 1.82) is 0 Å². The Morgan fingerprint density at radius 1 is 1.30 bits per heavy atom. The van der Waals surface area contributed by atoms with E-state index in [0.29, 0.717) is 6.54 Å². The lowest BCUT2D eigenvalue weighted by Crippen LogP contribution is -2.32. The van der Waals surface area contributed by atoms with Crippen LogP contribution >= 0.6 is 0 Å². The van der Waals surface area contributed by atoms with Gasteiger partial charge in [0.15, 0.2) is 5.65 Å². The van der Waals surface area contributed by atoms with Gasteiger partial charge in [0.1, 0.15) is 0 Å². The summed E-state index contributed by atoms with van der Waals surface area (Å²) in [7, 11) is 0. The van der Waals surface area contributed by atoms with E-state index in [4.69, 9.17) is 0 Å². The molecule has 2 N–H and O–H groups in total. The maximum absolute atomic E-state index is 9.87. The van der Waals surface area contributed by atoms with Crippen LogP contribution in [0, 0.1) is 19.8 Å². The molecule has 2 atom stereocenters. The van der Waals surface area contributed by atoms with Gasteiger partial charge < -0.3 is 10.4 Å². The minimum absolute atomic E-state index is 0.129. The Morgan fingerprint density at radius 3 is 2.65 bits per heavy atom. The quantitative estimate of drug-likeness (QED) is 0.877. The molecule has 2 unspecified atom stereocenters. The van der Waals surface area contributed by atoms with Gasteiger partial charge in [0, 0.05) is 36.1 Å². The molecule has 5 heteroatoms. The predicted molar refractivity (Wildman–Crippen MR) is 79.7 cm³/mol. The summed E-state index contributed by atoms with van der Waals surface area (Å²) in [5.41, 5.74) is 4.03. The molecular formula is C15H24N4O. The first kappa shape index (κ1) is 14.9. The SMILES string of the molecule is Cc1cc2ncc(C(C)NCC(O)C(C)C)c(C)n2n1. The molecule has 2 heterocycles. The molecule has 0 spiro atoms. The van der Waals surface area contributed by atoms with Gasteiger partial charge in [-0.1, -0.05) is 13.8 Å². The van der Waals surface area contributed by atoms with Crippen LogP contribution in [0.25, 0.3) is 5.65 Å². The molecule has 0 aliphatic rings. The Hall–Kier alpha value is -1.46. The lowest BCUT2D eigenvalue weighted by atomic mass is 10.1. The number of rotatable bonds is 5. The third-order valence-corrected chi connectivity index (χ3v) is 3.75. The van der Waals surface area contributed by atoms with Crippen LogP contribution in [0.15, 0.2) is 12.3 Å². The molecule has 20 heavy (non-hydrogen) atoms. The number of hydrogen-bond acceptors (Lipinski definition) is 4. The predicted octanol–water partition coefficient (Wildman–Crippen LogP) is 2.01. The highest BCUT2D eigenvalue weighted by Crippen LogP contribution is 2.18. The van der Waals surface area contributed by atoms with Gasteiger partial charge in [-0.3, -0.25) is 0 Å². The summed E-state index contributed by atoms with van der Waals surface area (Å²) in [5.74, 6) is 0.255. The Kier molecular flexibility index (Phi) is 4.40. The van der Waals surface area contributed by atoms with E-state index in [1.807, 2.05) is 44.5 Å². The van der Waals surface area contributed by atoms with Gasteiger partial charge >= 0.3 is 0 Å². The molecule has 5 nitrogen and oxygen atoms in total. The fraction of sp³-hybridized carbons (Fsp3) is 0.600. The number of aliphatic hydroxyl groups is 1. The molecule has 0 radical (unpaired) electrons. The van der Waals surface area contributed by atoms with Crippen LogP contribution < -0.4 is 5.32 Å². The van der Waals surface area contributed by atoms with Crippen LogP contribution in [-0.4, -0.2) is 32.4 Å². The number of aliphatic hydroxyl groups excluding tert-OH is 1. The highest BCUT2D eigenvalue weighted by atomic mass is 16.3. The first-order chi connectivity index (χ1) is 9.40. The van der Waals surface area contributed by atoms with Gasteiger partial charge in [0.25, 0.3) is 0 Å². The minimum atomic E-state index is -0.332. The van der Waals surface area contributed by atoms with Gasteiger partial charge in [-0.05, 0) is 26.7 Å². The van der Waals surface area contributed by atoms with Crippen molar-refractivity contribution in [2.24, 2.45) is 5.92 Å². The summed E-state index contributed by atoms with van der Waals surface area (Å²) >= 11 is 0. The first-order valence-electron chi connectivity index (χ1n) is 7.13. The third kappa shape index (κ3) is 2.99. The molecule has 110 valence electrons. The number of nitrogens with one attached hydrogen (secondary N) is 1. The van der Waals surface area contributed by atoms with E-state index in [1.54, 1.807) is 0 Å². The summed E-state index contributed by atoms with van der Waals surface area (Å²) in [5, 5.41) is 17.7. The zero-order valence-corrected chi connectivity index (χ0v) is 12.9. The van der Waals surface area contributed by atoms with Gasteiger partial charge in [-0.15, -0.1) is 0 Å². The smallest absolute Gasteiger partial charge is 0.155 e. The van der Waals surface area contributed by atoms with Gasteiger partial charge in [-0.2, -0.15) is 5.10 Å². The standard InChI is InChI=1S/C15H24N4O/c1-9(2)14(20)8-16-11(4)13-7-17-15-6-10(3)18-19(15)12(13)5/h6-7,9,11,14,16,20H,8H2,1-5H3. The molecule has 0 saturated heterocycles. The van der Waals surface area contributed by atoms with Crippen molar-refractivity contribution in [3.05, 3.63) is 29.2 Å². The van der Waals surface area contributed by atoms with Crippen LogP contribution in [0.3, 0.4) is 0 Å². The van der Waals surface area contributed by atoms with Crippen LogP contribution in [-0.2, 0) is 0 Å². The van der Waals surface area contributed by atoms with Crippen LogP contribution in [0.1, 0.15) is 43.8 Å². The molecule has 0 aliphatic carbocycles. The molecule has 2 aromatic heterocycles. The van der Waals surface area contributed by atoms with Crippen molar-refractivity contribution < 1.29 is 5.11 Å². The van der Waals surface area contributed by atoms with Crippen molar-refractivity contribution in [3.63, 3.8) is 0 Å². The largest absolute Gasteiger partial charge is 0.392 e. The molecule has 0 aromatic carbocycles. The monoisotopic (exact) mass is 276 g/mol. The van der Waals surface area contributed by atoms with E-state index in [2.05, 4.69) is 22.3 Å². The van der Waals surface area contributed by atoms with Crippen LogP contribution in [0.4, 0.5) is 0 Å². The fourth-order valence-electron chi connectivity index (χ4n) is 2.24. The van der Waals surface area contributed by atoms with E-state index >= 15 is 0 Å². The number of fused-ring (bicyclic) bond motifs is 1. The molecule has 0 amide bonds. The Labute approximate surface area is 120 Å². The van der Waals surface area contributed by atoms with E-state index in [0.717, 1.165) is 22.6 Å². The molecule has 0 fully saturated rings. The normalized spacial score (nSPS) is 14.9. The molecular weight excluding hydrogens is 252 g/mol. The van der Waals surface area contributed by atoms with E-state index in [9.17, 15) is 5.11 Å². The summed E-state index contributed by atoms with van der Waals surface area (Å²) in [6.45, 7) is 10.7. The minimum Gasteiger partial charge on any atom is -0.392 e.